The van der Waals surface area contributed by atoms with Gasteiger partial charge in [0.25, 0.3) is 0 Å². The number of carbonyl (C=O) groups is 1. The lowest BCUT2D eigenvalue weighted by atomic mass is 9.49. The maximum atomic E-state index is 14.1. The van der Waals surface area contributed by atoms with Crippen molar-refractivity contribution in [2.45, 2.75) is 84.6 Å². The molecule has 2 bridgehead atoms. The summed E-state index contributed by atoms with van der Waals surface area (Å²) in [5, 5.41) is 0. The molecule has 1 unspecified atom stereocenters. The van der Waals surface area contributed by atoms with E-state index in [1.54, 1.807) is 0 Å². The number of aryl methyl sites for hydroxylation is 1. The van der Waals surface area contributed by atoms with Crippen LogP contribution in [0.25, 0.3) is 11.5 Å². The minimum atomic E-state index is -3.60. The minimum absolute atomic E-state index is 0.134. The molecule has 8 rings (SSSR count). The number of rotatable bonds is 8. The van der Waals surface area contributed by atoms with Gasteiger partial charge in [-0.2, -0.15) is 0 Å². The number of nitrogens with zero attached hydrogens (tertiary/aromatic N) is 2. The van der Waals surface area contributed by atoms with Crippen LogP contribution in [0.2, 0.25) is 0 Å². The van der Waals surface area contributed by atoms with Gasteiger partial charge in [0.15, 0.2) is 0 Å². The Morgan fingerprint density at radius 1 is 1.09 bits per heavy atom. The van der Waals surface area contributed by atoms with Crippen LogP contribution in [-0.4, -0.2) is 42.0 Å². The molecule has 5 fully saturated rings. The molecule has 1 spiro atoms. The minimum Gasteiger partial charge on any atom is -0.493 e. The molecule has 7 nitrogen and oxygen atoms in total. The summed E-state index contributed by atoms with van der Waals surface area (Å²) in [5.74, 6) is 2.60. The zero-order valence-corrected chi connectivity index (χ0v) is 26.9. The van der Waals surface area contributed by atoms with Crippen LogP contribution in [0.3, 0.4) is 0 Å². The Hall–Kier alpha value is -3.13. The largest absolute Gasteiger partial charge is 0.493 e. The average Bonchev–Trinajstić information content (AvgIpc) is 3.65. The molecular weight excluding hydrogens is 572 g/mol. The highest BCUT2D eigenvalue weighted by atomic mass is 32.2. The molecule has 2 heterocycles. The Kier molecular flexibility index (Phi) is 7.42. The third kappa shape index (κ3) is 5.27. The first-order valence-electron chi connectivity index (χ1n) is 16.3. The molecule has 234 valence electrons. The smallest absolute Gasteiger partial charge is 0.239 e. The summed E-state index contributed by atoms with van der Waals surface area (Å²) in [6.07, 6.45) is 7.79. The monoisotopic (exact) mass is 616 g/mol. The van der Waals surface area contributed by atoms with E-state index in [0.717, 1.165) is 79.7 Å². The van der Waals surface area contributed by atoms with Gasteiger partial charge in [-0.3, -0.25) is 4.79 Å². The molecular formula is C36H44N2O5S. The summed E-state index contributed by atoms with van der Waals surface area (Å²) in [6, 6.07) is 17.8. The van der Waals surface area contributed by atoms with Crippen molar-refractivity contribution < 1.29 is 22.4 Å². The fraction of sp³-hybridized carbons (Fsp3) is 0.556. The predicted octanol–water partition coefficient (Wildman–Crippen LogP) is 6.99. The number of sulfonamides is 1. The standard InChI is InChI=1S/C36H44N2O5S/c1-24-31(37-33(43-24)26-10-5-4-6-11-26)16-18-42-29-13-7-9-25(20-29)19-27-12-8-14-30(27)34(39)38-32-21-28-15-17-36(32,22-35(28,2)3)23-44(38,40)41/h4-7,9-11,13,20,27-28,30,32H,8,12,14-19,21-23H2,1-3H3/t27-,28?,30+,32+,36+/m0/s1. The second kappa shape index (κ2) is 11.0. The van der Waals surface area contributed by atoms with Gasteiger partial charge in [0, 0.05) is 23.3 Å². The van der Waals surface area contributed by atoms with Gasteiger partial charge < -0.3 is 9.15 Å². The van der Waals surface area contributed by atoms with E-state index in [-0.39, 0.29) is 40.4 Å². The van der Waals surface area contributed by atoms with Crippen LogP contribution in [0.4, 0.5) is 0 Å². The Balaban J connectivity index is 1.00. The topological polar surface area (TPSA) is 89.7 Å². The molecule has 1 saturated heterocycles. The number of fused-ring (bicyclic) bond motifs is 2. The predicted molar refractivity (Wildman–Crippen MR) is 169 cm³/mol. The van der Waals surface area contributed by atoms with E-state index in [1.165, 1.54) is 4.31 Å². The van der Waals surface area contributed by atoms with Crippen LogP contribution in [0.1, 0.15) is 75.8 Å². The quantitative estimate of drug-likeness (QED) is 0.271. The molecule has 4 saturated carbocycles. The van der Waals surface area contributed by atoms with E-state index in [1.807, 2.05) is 49.4 Å². The fourth-order valence-electron chi connectivity index (χ4n) is 9.18. The number of hydrogen-bond acceptors (Lipinski definition) is 6. The number of hydrogen-bond donors (Lipinski definition) is 0. The molecule has 3 aromatic rings. The van der Waals surface area contributed by atoms with Gasteiger partial charge in [-0.1, -0.05) is 50.6 Å². The number of oxazole rings is 1. The van der Waals surface area contributed by atoms with E-state index < -0.39 is 10.0 Å². The van der Waals surface area contributed by atoms with Crippen LogP contribution in [0.15, 0.2) is 59.0 Å². The molecule has 1 aromatic heterocycles. The van der Waals surface area contributed by atoms with Crippen molar-refractivity contribution in [1.82, 2.24) is 9.29 Å². The van der Waals surface area contributed by atoms with E-state index in [2.05, 4.69) is 31.0 Å². The normalized spacial score (nSPS) is 29.9. The van der Waals surface area contributed by atoms with Crippen LogP contribution in [0, 0.1) is 35.5 Å². The van der Waals surface area contributed by atoms with Crippen molar-refractivity contribution in [2.75, 3.05) is 12.4 Å². The summed E-state index contributed by atoms with van der Waals surface area (Å²) < 4.78 is 40.6. The fourth-order valence-corrected chi connectivity index (χ4v) is 11.6. The molecule has 1 amide bonds. The molecule has 2 aromatic carbocycles. The lowest BCUT2D eigenvalue weighted by Crippen LogP contribution is -2.57. The van der Waals surface area contributed by atoms with Crippen LogP contribution < -0.4 is 4.74 Å². The first-order valence-corrected chi connectivity index (χ1v) is 18.0. The second-order valence-corrected chi connectivity index (χ2v) is 16.4. The Labute approximate surface area is 261 Å². The molecule has 4 aliphatic carbocycles. The SMILES string of the molecule is Cc1oc(-c2ccccc2)nc1CCOc1cccc(C[C@@H]2CCC[C@H]2C(=O)N2[C@@H]3CC4CC[C@@]3(CC4(C)C)CS2(=O)=O)c1. The van der Waals surface area contributed by atoms with Crippen LogP contribution in [-0.2, 0) is 27.7 Å². The van der Waals surface area contributed by atoms with Crippen molar-refractivity contribution in [3.8, 4) is 17.2 Å². The number of carbonyl (C=O) groups excluding carboxylic acids is 1. The highest BCUT2D eigenvalue weighted by molar-refractivity contribution is 7.90. The van der Waals surface area contributed by atoms with Gasteiger partial charge in [-0.05, 0) is 98.9 Å². The van der Waals surface area contributed by atoms with Crippen LogP contribution >= 0.6 is 0 Å². The van der Waals surface area contributed by atoms with E-state index in [0.29, 0.717) is 24.8 Å². The number of aromatic nitrogens is 1. The van der Waals surface area contributed by atoms with E-state index >= 15 is 0 Å². The zero-order chi connectivity index (χ0) is 30.7. The highest BCUT2D eigenvalue weighted by Gasteiger charge is 2.65. The Bertz CT molecular complexity index is 1650. The van der Waals surface area contributed by atoms with Crippen molar-refractivity contribution in [1.29, 1.82) is 0 Å². The van der Waals surface area contributed by atoms with Gasteiger partial charge in [-0.15, -0.1) is 0 Å². The van der Waals surface area contributed by atoms with Crippen molar-refractivity contribution in [3.05, 3.63) is 71.6 Å². The Morgan fingerprint density at radius 3 is 2.70 bits per heavy atom. The van der Waals surface area contributed by atoms with Gasteiger partial charge >= 0.3 is 0 Å². The summed E-state index contributed by atoms with van der Waals surface area (Å²) in [6.45, 7) is 6.98. The number of amides is 1. The van der Waals surface area contributed by atoms with E-state index in [9.17, 15) is 13.2 Å². The lowest BCUT2D eigenvalue weighted by Gasteiger charge is -2.57. The average molecular weight is 617 g/mol. The third-order valence-corrected chi connectivity index (χ3v) is 13.3. The maximum absolute atomic E-state index is 14.1. The molecule has 1 aliphatic heterocycles. The Morgan fingerprint density at radius 2 is 1.91 bits per heavy atom. The first-order chi connectivity index (χ1) is 21.0. The van der Waals surface area contributed by atoms with E-state index in [4.69, 9.17) is 9.15 Å². The van der Waals surface area contributed by atoms with Crippen molar-refractivity contribution >= 4 is 15.9 Å². The molecule has 5 aliphatic rings. The molecule has 0 radical (unpaired) electrons. The highest BCUT2D eigenvalue weighted by Crippen LogP contribution is 2.63. The summed E-state index contributed by atoms with van der Waals surface area (Å²) in [4.78, 5) is 18.8. The zero-order valence-electron chi connectivity index (χ0n) is 26.1. The molecule has 8 heteroatoms. The summed E-state index contributed by atoms with van der Waals surface area (Å²) >= 11 is 0. The van der Waals surface area contributed by atoms with Gasteiger partial charge in [0.2, 0.25) is 21.8 Å². The molecule has 0 N–H and O–H groups in total. The molecule has 5 atom stereocenters. The molecule has 44 heavy (non-hydrogen) atoms. The van der Waals surface area contributed by atoms with Gasteiger partial charge in [-0.25, -0.2) is 17.7 Å². The lowest BCUT2D eigenvalue weighted by molar-refractivity contribution is -0.140. The summed E-state index contributed by atoms with van der Waals surface area (Å²) in [7, 11) is -3.60. The van der Waals surface area contributed by atoms with Gasteiger partial charge in [0.1, 0.15) is 11.5 Å². The van der Waals surface area contributed by atoms with Crippen molar-refractivity contribution in [3.63, 3.8) is 0 Å². The number of benzene rings is 2. The van der Waals surface area contributed by atoms with Gasteiger partial charge in [0.05, 0.1) is 24.1 Å². The number of ether oxygens (including phenoxy) is 1. The summed E-state index contributed by atoms with van der Waals surface area (Å²) in [5.41, 5.74) is 2.85. The maximum Gasteiger partial charge on any atom is 0.239 e. The van der Waals surface area contributed by atoms with Crippen LogP contribution in [0.5, 0.6) is 5.75 Å². The second-order valence-electron chi connectivity index (χ2n) is 14.5. The van der Waals surface area contributed by atoms with Crippen molar-refractivity contribution in [2.24, 2.45) is 28.6 Å². The third-order valence-electron chi connectivity index (χ3n) is 11.3. The first kappa shape index (κ1) is 29.6.